The highest BCUT2D eigenvalue weighted by atomic mass is 16.1. The fourth-order valence-corrected chi connectivity index (χ4v) is 2.24. The van der Waals surface area contributed by atoms with Gasteiger partial charge in [0.2, 0.25) is 5.91 Å². The Balaban J connectivity index is 2.46. The standard InChI is InChI=1S/C10H19NO/c1-7-4-3-5-9(8(7)2)6-10(11)12/h7-9H,3-6H2,1-2H3,(H2,11,12). The Morgan fingerprint density at radius 1 is 1.42 bits per heavy atom. The topological polar surface area (TPSA) is 43.1 Å². The van der Waals surface area contributed by atoms with Crippen molar-refractivity contribution in [3.05, 3.63) is 0 Å². The van der Waals surface area contributed by atoms with E-state index in [1.807, 2.05) is 0 Å². The summed E-state index contributed by atoms with van der Waals surface area (Å²) in [6.07, 6.45) is 4.36. The highest BCUT2D eigenvalue weighted by molar-refractivity contribution is 5.74. The number of hydrogen-bond donors (Lipinski definition) is 1. The van der Waals surface area contributed by atoms with Gasteiger partial charge in [0, 0.05) is 6.42 Å². The summed E-state index contributed by atoms with van der Waals surface area (Å²) >= 11 is 0. The van der Waals surface area contributed by atoms with Crippen molar-refractivity contribution in [3.63, 3.8) is 0 Å². The Labute approximate surface area is 74.5 Å². The molecular formula is C10H19NO. The second-order valence-electron chi connectivity index (χ2n) is 4.20. The minimum Gasteiger partial charge on any atom is -0.370 e. The van der Waals surface area contributed by atoms with E-state index in [0.29, 0.717) is 18.3 Å². The molecule has 0 aromatic heterocycles. The van der Waals surface area contributed by atoms with Gasteiger partial charge in [-0.15, -0.1) is 0 Å². The van der Waals surface area contributed by atoms with Gasteiger partial charge in [-0.1, -0.05) is 26.7 Å². The second kappa shape index (κ2) is 3.92. The van der Waals surface area contributed by atoms with Gasteiger partial charge in [0.15, 0.2) is 0 Å². The van der Waals surface area contributed by atoms with Gasteiger partial charge in [0.1, 0.15) is 0 Å². The maximum atomic E-state index is 10.7. The lowest BCUT2D eigenvalue weighted by Crippen LogP contribution is -2.28. The Morgan fingerprint density at radius 2 is 2.08 bits per heavy atom. The molecule has 0 aliphatic heterocycles. The van der Waals surface area contributed by atoms with Crippen molar-refractivity contribution in [2.24, 2.45) is 23.5 Å². The van der Waals surface area contributed by atoms with E-state index in [9.17, 15) is 4.79 Å². The summed E-state index contributed by atoms with van der Waals surface area (Å²) in [7, 11) is 0. The Kier molecular flexibility index (Phi) is 3.12. The van der Waals surface area contributed by atoms with Crippen molar-refractivity contribution >= 4 is 5.91 Å². The molecule has 1 amide bonds. The highest BCUT2D eigenvalue weighted by Crippen LogP contribution is 2.35. The first-order chi connectivity index (χ1) is 5.61. The first kappa shape index (κ1) is 9.56. The van der Waals surface area contributed by atoms with E-state index in [2.05, 4.69) is 13.8 Å². The van der Waals surface area contributed by atoms with E-state index in [1.165, 1.54) is 19.3 Å². The molecule has 0 spiro atoms. The largest absolute Gasteiger partial charge is 0.370 e. The molecule has 1 saturated carbocycles. The van der Waals surface area contributed by atoms with E-state index in [1.54, 1.807) is 0 Å². The minimum atomic E-state index is -0.138. The van der Waals surface area contributed by atoms with Gasteiger partial charge in [-0.25, -0.2) is 0 Å². The third kappa shape index (κ3) is 2.23. The van der Waals surface area contributed by atoms with Crippen LogP contribution in [0.2, 0.25) is 0 Å². The Hall–Kier alpha value is -0.530. The summed E-state index contributed by atoms with van der Waals surface area (Å²) in [4.78, 5) is 10.7. The van der Waals surface area contributed by atoms with Gasteiger partial charge in [0.25, 0.3) is 0 Å². The van der Waals surface area contributed by atoms with Crippen LogP contribution in [0.15, 0.2) is 0 Å². The summed E-state index contributed by atoms with van der Waals surface area (Å²) in [5, 5.41) is 0. The molecule has 0 aromatic carbocycles. The number of primary amides is 1. The van der Waals surface area contributed by atoms with Crippen LogP contribution in [0.1, 0.15) is 39.5 Å². The molecule has 0 saturated heterocycles. The van der Waals surface area contributed by atoms with Gasteiger partial charge >= 0.3 is 0 Å². The molecule has 2 N–H and O–H groups in total. The lowest BCUT2D eigenvalue weighted by atomic mass is 9.72. The van der Waals surface area contributed by atoms with Crippen LogP contribution in [0.5, 0.6) is 0 Å². The lowest BCUT2D eigenvalue weighted by molar-refractivity contribution is -0.119. The van der Waals surface area contributed by atoms with Crippen molar-refractivity contribution in [3.8, 4) is 0 Å². The van der Waals surface area contributed by atoms with Gasteiger partial charge in [0.05, 0.1) is 0 Å². The maximum absolute atomic E-state index is 10.7. The highest BCUT2D eigenvalue weighted by Gasteiger charge is 2.27. The fraction of sp³-hybridized carbons (Fsp3) is 0.900. The van der Waals surface area contributed by atoms with Crippen molar-refractivity contribution in [1.82, 2.24) is 0 Å². The van der Waals surface area contributed by atoms with Crippen LogP contribution in [-0.2, 0) is 4.79 Å². The van der Waals surface area contributed by atoms with E-state index < -0.39 is 0 Å². The van der Waals surface area contributed by atoms with Crippen LogP contribution in [0.25, 0.3) is 0 Å². The van der Waals surface area contributed by atoms with Crippen molar-refractivity contribution in [2.75, 3.05) is 0 Å². The zero-order valence-corrected chi connectivity index (χ0v) is 8.05. The Morgan fingerprint density at radius 3 is 2.67 bits per heavy atom. The smallest absolute Gasteiger partial charge is 0.217 e. The van der Waals surface area contributed by atoms with Crippen molar-refractivity contribution in [2.45, 2.75) is 39.5 Å². The molecule has 3 atom stereocenters. The van der Waals surface area contributed by atoms with Gasteiger partial charge in [-0.3, -0.25) is 4.79 Å². The molecule has 2 nitrogen and oxygen atoms in total. The predicted molar refractivity (Wildman–Crippen MR) is 49.5 cm³/mol. The average molecular weight is 169 g/mol. The zero-order chi connectivity index (χ0) is 9.14. The molecule has 3 unspecified atom stereocenters. The molecule has 0 radical (unpaired) electrons. The van der Waals surface area contributed by atoms with Gasteiger partial charge in [-0.05, 0) is 24.2 Å². The second-order valence-corrected chi connectivity index (χ2v) is 4.20. The molecule has 70 valence electrons. The predicted octanol–water partition coefficient (Wildman–Crippen LogP) is 1.93. The number of carbonyl (C=O) groups excluding carboxylic acids is 1. The molecule has 0 aromatic rings. The number of hydrogen-bond acceptors (Lipinski definition) is 1. The first-order valence-corrected chi connectivity index (χ1v) is 4.89. The molecule has 12 heavy (non-hydrogen) atoms. The van der Waals surface area contributed by atoms with Crippen molar-refractivity contribution in [1.29, 1.82) is 0 Å². The van der Waals surface area contributed by atoms with Gasteiger partial charge < -0.3 is 5.73 Å². The summed E-state index contributed by atoms with van der Waals surface area (Å²) in [6.45, 7) is 4.52. The van der Waals surface area contributed by atoms with Crippen LogP contribution in [0.4, 0.5) is 0 Å². The zero-order valence-electron chi connectivity index (χ0n) is 8.05. The summed E-state index contributed by atoms with van der Waals surface area (Å²) in [6, 6.07) is 0. The average Bonchev–Trinajstić information content (AvgIpc) is 1.98. The molecule has 0 heterocycles. The third-order valence-corrected chi connectivity index (χ3v) is 3.34. The molecule has 0 bridgehead atoms. The molecule has 1 fully saturated rings. The normalized spacial score (nSPS) is 36.3. The van der Waals surface area contributed by atoms with E-state index in [-0.39, 0.29) is 5.91 Å². The molecule has 1 aliphatic rings. The molecule has 1 rings (SSSR count). The Bertz CT molecular complexity index is 167. The number of nitrogens with two attached hydrogens (primary N) is 1. The number of amides is 1. The van der Waals surface area contributed by atoms with E-state index >= 15 is 0 Å². The summed E-state index contributed by atoms with van der Waals surface area (Å²) < 4.78 is 0. The number of rotatable bonds is 2. The van der Waals surface area contributed by atoms with E-state index in [4.69, 9.17) is 5.73 Å². The first-order valence-electron chi connectivity index (χ1n) is 4.89. The SMILES string of the molecule is CC1CCCC(CC(N)=O)C1C. The van der Waals surface area contributed by atoms with Gasteiger partial charge in [-0.2, -0.15) is 0 Å². The summed E-state index contributed by atoms with van der Waals surface area (Å²) in [5.74, 6) is 1.85. The van der Waals surface area contributed by atoms with Crippen LogP contribution in [0, 0.1) is 17.8 Å². The van der Waals surface area contributed by atoms with E-state index in [0.717, 1.165) is 5.92 Å². The van der Waals surface area contributed by atoms with Crippen LogP contribution < -0.4 is 5.73 Å². The number of carbonyl (C=O) groups is 1. The molecular weight excluding hydrogens is 150 g/mol. The van der Waals surface area contributed by atoms with Crippen LogP contribution in [0.3, 0.4) is 0 Å². The van der Waals surface area contributed by atoms with Crippen LogP contribution in [-0.4, -0.2) is 5.91 Å². The minimum absolute atomic E-state index is 0.138. The summed E-state index contributed by atoms with van der Waals surface area (Å²) in [5.41, 5.74) is 5.19. The quantitative estimate of drug-likeness (QED) is 0.674. The molecule has 2 heteroatoms. The maximum Gasteiger partial charge on any atom is 0.217 e. The van der Waals surface area contributed by atoms with Crippen LogP contribution >= 0.6 is 0 Å². The lowest BCUT2D eigenvalue weighted by Gasteiger charge is -2.33. The molecule has 1 aliphatic carbocycles. The van der Waals surface area contributed by atoms with Crippen molar-refractivity contribution < 1.29 is 4.79 Å². The third-order valence-electron chi connectivity index (χ3n) is 3.34. The fourth-order valence-electron chi connectivity index (χ4n) is 2.24. The monoisotopic (exact) mass is 169 g/mol.